The molecule has 4 nitrogen and oxygen atoms in total. The number of carboxylic acids is 1. The molecule has 4 N–H and O–H groups in total. The molecule has 0 unspecified atom stereocenters. The lowest BCUT2D eigenvalue weighted by Gasteiger charge is -2.28. The van der Waals surface area contributed by atoms with Crippen LogP contribution in [0, 0.1) is 11.7 Å². The van der Waals surface area contributed by atoms with Crippen LogP contribution in [0.15, 0.2) is 12.1 Å². The van der Waals surface area contributed by atoms with Gasteiger partial charge in [0.15, 0.2) is 0 Å². The average Bonchev–Trinajstić information content (AvgIpc) is 3.04. The van der Waals surface area contributed by atoms with Crippen LogP contribution in [0.3, 0.4) is 0 Å². The zero-order valence-electron chi connectivity index (χ0n) is 10.5. The molecule has 0 atom stereocenters. The SMILES string of the molecule is CC(C)(Nc1cc(C(=O)O)c(N)cc1F)C1CC1. The summed E-state index contributed by atoms with van der Waals surface area (Å²) in [5.41, 5.74) is 5.29. The molecule has 0 saturated heterocycles. The number of aromatic carboxylic acids is 1. The van der Waals surface area contributed by atoms with E-state index >= 15 is 0 Å². The maximum Gasteiger partial charge on any atom is 0.337 e. The van der Waals surface area contributed by atoms with Gasteiger partial charge in [-0.25, -0.2) is 9.18 Å². The second-order valence-corrected chi connectivity index (χ2v) is 5.35. The van der Waals surface area contributed by atoms with Gasteiger partial charge in [-0.1, -0.05) is 0 Å². The molecule has 0 heterocycles. The fourth-order valence-electron chi connectivity index (χ4n) is 2.12. The Hall–Kier alpha value is -1.78. The summed E-state index contributed by atoms with van der Waals surface area (Å²) in [6.07, 6.45) is 2.23. The summed E-state index contributed by atoms with van der Waals surface area (Å²) < 4.78 is 13.8. The Balaban J connectivity index is 2.32. The number of nitrogens with two attached hydrogens (primary N) is 1. The minimum absolute atomic E-state index is 0.0604. The van der Waals surface area contributed by atoms with E-state index in [0.29, 0.717) is 5.92 Å². The summed E-state index contributed by atoms with van der Waals surface area (Å²) >= 11 is 0. The zero-order chi connectivity index (χ0) is 13.5. The molecule has 0 amide bonds. The van der Waals surface area contributed by atoms with Crippen molar-refractivity contribution in [2.24, 2.45) is 5.92 Å². The largest absolute Gasteiger partial charge is 0.478 e. The molecule has 98 valence electrons. The highest BCUT2D eigenvalue weighted by Gasteiger charge is 2.38. The summed E-state index contributed by atoms with van der Waals surface area (Å²) in [4.78, 5) is 11.0. The topological polar surface area (TPSA) is 75.3 Å². The van der Waals surface area contributed by atoms with Crippen LogP contribution < -0.4 is 11.1 Å². The van der Waals surface area contributed by atoms with Gasteiger partial charge in [-0.15, -0.1) is 0 Å². The molecule has 0 radical (unpaired) electrons. The fourth-order valence-corrected chi connectivity index (χ4v) is 2.12. The predicted octanol–water partition coefficient (Wildman–Crippen LogP) is 2.71. The predicted molar refractivity (Wildman–Crippen MR) is 68.2 cm³/mol. The van der Waals surface area contributed by atoms with Crippen molar-refractivity contribution in [2.45, 2.75) is 32.2 Å². The molecule has 1 aliphatic rings. The Morgan fingerprint density at radius 2 is 2.11 bits per heavy atom. The van der Waals surface area contributed by atoms with Crippen molar-refractivity contribution < 1.29 is 14.3 Å². The third-order valence-corrected chi connectivity index (χ3v) is 3.42. The summed E-state index contributed by atoms with van der Waals surface area (Å²) in [6, 6.07) is 2.31. The first-order chi connectivity index (χ1) is 8.31. The second kappa shape index (κ2) is 4.15. The zero-order valence-corrected chi connectivity index (χ0v) is 10.5. The van der Waals surface area contributed by atoms with Crippen LogP contribution in [-0.2, 0) is 0 Å². The van der Waals surface area contributed by atoms with Gasteiger partial charge in [0, 0.05) is 11.2 Å². The van der Waals surface area contributed by atoms with E-state index in [4.69, 9.17) is 10.8 Å². The monoisotopic (exact) mass is 252 g/mol. The normalized spacial score (nSPS) is 15.5. The molecular formula is C13H17FN2O2. The Labute approximate surface area is 105 Å². The van der Waals surface area contributed by atoms with Gasteiger partial charge in [0.2, 0.25) is 0 Å². The van der Waals surface area contributed by atoms with Crippen molar-refractivity contribution in [1.82, 2.24) is 0 Å². The molecule has 0 bridgehead atoms. The highest BCUT2D eigenvalue weighted by molar-refractivity contribution is 5.94. The molecule has 18 heavy (non-hydrogen) atoms. The van der Waals surface area contributed by atoms with E-state index in [1.165, 1.54) is 6.07 Å². The van der Waals surface area contributed by atoms with Crippen molar-refractivity contribution >= 4 is 17.3 Å². The van der Waals surface area contributed by atoms with Gasteiger partial charge in [-0.05, 0) is 44.7 Å². The minimum Gasteiger partial charge on any atom is -0.478 e. The minimum atomic E-state index is -1.15. The van der Waals surface area contributed by atoms with Crippen LogP contribution in [0.2, 0.25) is 0 Å². The third kappa shape index (κ3) is 2.39. The number of carbonyl (C=O) groups is 1. The number of benzene rings is 1. The van der Waals surface area contributed by atoms with Crippen LogP contribution in [0.4, 0.5) is 15.8 Å². The molecule has 0 aromatic heterocycles. The first-order valence-electron chi connectivity index (χ1n) is 5.92. The Morgan fingerprint density at radius 3 is 2.61 bits per heavy atom. The van der Waals surface area contributed by atoms with Gasteiger partial charge < -0.3 is 16.2 Å². The standard InChI is InChI=1S/C13H17FN2O2/c1-13(2,7-3-4-7)16-11-5-8(12(17)18)10(15)6-9(11)14/h5-7,16H,3-4,15H2,1-2H3,(H,17,18). The lowest BCUT2D eigenvalue weighted by Crippen LogP contribution is -2.33. The van der Waals surface area contributed by atoms with E-state index in [0.717, 1.165) is 18.9 Å². The molecular weight excluding hydrogens is 235 g/mol. The molecule has 1 saturated carbocycles. The van der Waals surface area contributed by atoms with E-state index in [1.807, 2.05) is 13.8 Å². The molecule has 1 aliphatic carbocycles. The number of nitrogens with one attached hydrogen (secondary N) is 1. The van der Waals surface area contributed by atoms with Crippen molar-refractivity contribution in [3.63, 3.8) is 0 Å². The molecule has 1 fully saturated rings. The van der Waals surface area contributed by atoms with Gasteiger partial charge in [0.25, 0.3) is 0 Å². The first kappa shape index (κ1) is 12.7. The summed E-state index contributed by atoms with van der Waals surface area (Å²) in [5, 5.41) is 12.0. The van der Waals surface area contributed by atoms with Gasteiger partial charge >= 0.3 is 5.97 Å². The van der Waals surface area contributed by atoms with E-state index in [2.05, 4.69) is 5.32 Å². The average molecular weight is 252 g/mol. The maximum atomic E-state index is 13.8. The van der Waals surface area contributed by atoms with Crippen molar-refractivity contribution in [3.8, 4) is 0 Å². The second-order valence-electron chi connectivity index (χ2n) is 5.35. The molecule has 1 aromatic rings. The summed E-state index contributed by atoms with van der Waals surface area (Å²) in [6.45, 7) is 3.97. The van der Waals surface area contributed by atoms with E-state index < -0.39 is 11.8 Å². The van der Waals surface area contributed by atoms with Gasteiger partial charge in [0.1, 0.15) is 5.82 Å². The molecule has 1 aromatic carbocycles. The molecule has 0 aliphatic heterocycles. The van der Waals surface area contributed by atoms with Crippen molar-refractivity contribution in [2.75, 3.05) is 11.1 Å². The Kier molecular flexibility index (Phi) is 2.92. The van der Waals surface area contributed by atoms with Crippen LogP contribution in [-0.4, -0.2) is 16.6 Å². The quantitative estimate of drug-likeness (QED) is 0.720. The highest BCUT2D eigenvalue weighted by atomic mass is 19.1. The van der Waals surface area contributed by atoms with Crippen molar-refractivity contribution in [1.29, 1.82) is 0 Å². The van der Waals surface area contributed by atoms with Crippen LogP contribution in [0.5, 0.6) is 0 Å². The lowest BCUT2D eigenvalue weighted by molar-refractivity contribution is 0.0698. The van der Waals surface area contributed by atoms with Crippen LogP contribution in [0.1, 0.15) is 37.0 Å². The smallest absolute Gasteiger partial charge is 0.337 e. The van der Waals surface area contributed by atoms with Gasteiger partial charge in [-0.3, -0.25) is 0 Å². The number of nitrogen functional groups attached to an aromatic ring is 1. The first-order valence-corrected chi connectivity index (χ1v) is 5.92. The van der Waals surface area contributed by atoms with E-state index in [1.54, 1.807) is 0 Å². The third-order valence-electron chi connectivity index (χ3n) is 3.42. The summed E-state index contributed by atoms with van der Waals surface area (Å²) in [5.74, 6) is -1.17. The summed E-state index contributed by atoms with van der Waals surface area (Å²) in [7, 11) is 0. The lowest BCUT2D eigenvalue weighted by atomic mass is 9.98. The van der Waals surface area contributed by atoms with E-state index in [9.17, 15) is 9.18 Å². The van der Waals surface area contributed by atoms with Crippen LogP contribution in [0.25, 0.3) is 0 Å². The van der Waals surface area contributed by atoms with E-state index in [-0.39, 0.29) is 22.5 Å². The number of rotatable bonds is 4. The van der Waals surface area contributed by atoms with Gasteiger partial charge in [-0.2, -0.15) is 0 Å². The molecule has 0 spiro atoms. The fraction of sp³-hybridized carbons (Fsp3) is 0.462. The van der Waals surface area contributed by atoms with Gasteiger partial charge in [0.05, 0.1) is 11.3 Å². The number of halogens is 1. The van der Waals surface area contributed by atoms with Crippen LogP contribution >= 0.6 is 0 Å². The Bertz CT molecular complexity index is 496. The highest BCUT2D eigenvalue weighted by Crippen LogP contribution is 2.41. The number of anilines is 2. The van der Waals surface area contributed by atoms with Crippen molar-refractivity contribution in [3.05, 3.63) is 23.5 Å². The maximum absolute atomic E-state index is 13.8. The molecule has 5 heteroatoms. The number of hydrogen-bond acceptors (Lipinski definition) is 3. The molecule has 2 rings (SSSR count). The number of hydrogen-bond donors (Lipinski definition) is 3. The Morgan fingerprint density at radius 1 is 1.50 bits per heavy atom. The number of carboxylic acid groups (broad SMARTS) is 1.